The molecule has 0 saturated heterocycles. The third-order valence-corrected chi connectivity index (χ3v) is 15.4. The summed E-state index contributed by atoms with van der Waals surface area (Å²) in [6.45, 7) is 0. The molecule has 9 aliphatic rings. The van der Waals surface area contributed by atoms with Crippen LogP contribution in [0.4, 0.5) is 11.4 Å². The minimum atomic E-state index is -0.703. The molecule has 4 heteroatoms. The van der Waals surface area contributed by atoms with Gasteiger partial charge in [0.2, 0.25) is 0 Å². The number of hydrogen-bond donors (Lipinski definition) is 4. The Morgan fingerprint density at radius 2 is 0.755 bits per heavy atom. The van der Waals surface area contributed by atoms with Gasteiger partial charge in [-0.15, -0.1) is 0 Å². The molecule has 0 atom stereocenters. The summed E-state index contributed by atoms with van der Waals surface area (Å²) in [6, 6.07) is 26.6. The number of phenols is 2. The maximum atomic E-state index is 10.7. The summed E-state index contributed by atoms with van der Waals surface area (Å²) in [7, 11) is 0. The van der Waals surface area contributed by atoms with E-state index in [0.717, 1.165) is 46.6 Å². The third-order valence-electron chi connectivity index (χ3n) is 15.4. The molecule has 49 heavy (non-hydrogen) atoms. The van der Waals surface area contributed by atoms with Gasteiger partial charge in [-0.2, -0.15) is 0 Å². The van der Waals surface area contributed by atoms with Gasteiger partial charge < -0.3 is 21.7 Å². The standard InChI is InChI=1S/C45H48N2O2/c46-39-17-33(3-7-41(39)48)45(34-4-8-42(49)40(47)18-34)37-15-31(43-19-25-9-26(20-43)11-27(10-25)21-43)1-5-35(37)36-6-2-32(16-38(36)45)44-22-28-12-29(23-44)14-30(13-28)24-44/h1-8,15-18,25-30,48-49H,9-14,19-24,46-47H2. The molecule has 250 valence electrons. The first kappa shape index (κ1) is 28.9. The second kappa shape index (κ2) is 9.65. The van der Waals surface area contributed by atoms with E-state index >= 15 is 0 Å². The molecule has 4 aromatic rings. The number of aromatic hydroxyl groups is 2. The van der Waals surface area contributed by atoms with Crippen molar-refractivity contribution >= 4 is 11.4 Å². The van der Waals surface area contributed by atoms with Crippen LogP contribution in [0.15, 0.2) is 72.8 Å². The quantitative estimate of drug-likeness (QED) is 0.115. The van der Waals surface area contributed by atoms with Gasteiger partial charge in [-0.05, 0) is 192 Å². The lowest BCUT2D eigenvalue weighted by Crippen LogP contribution is -2.48. The Hall–Kier alpha value is -3.92. The van der Waals surface area contributed by atoms with E-state index in [1.165, 1.54) is 110 Å². The molecular formula is C45H48N2O2. The topological polar surface area (TPSA) is 92.5 Å². The molecule has 4 aromatic carbocycles. The van der Waals surface area contributed by atoms with E-state index < -0.39 is 5.41 Å². The van der Waals surface area contributed by atoms with Gasteiger partial charge in [0.15, 0.2) is 0 Å². The molecule has 8 fully saturated rings. The van der Waals surface area contributed by atoms with Gasteiger partial charge >= 0.3 is 0 Å². The lowest BCUT2D eigenvalue weighted by molar-refractivity contribution is -0.00530. The van der Waals surface area contributed by atoms with E-state index in [1.807, 2.05) is 12.1 Å². The second-order valence-corrected chi connectivity index (χ2v) is 18.2. The van der Waals surface area contributed by atoms with E-state index in [4.69, 9.17) is 11.5 Å². The molecule has 0 aromatic heterocycles. The summed E-state index contributed by atoms with van der Waals surface area (Å²) in [6.07, 6.45) is 16.4. The number of benzene rings is 4. The number of anilines is 2. The van der Waals surface area contributed by atoms with E-state index in [9.17, 15) is 10.2 Å². The molecule has 0 unspecified atom stereocenters. The molecule has 0 heterocycles. The summed E-state index contributed by atoms with van der Waals surface area (Å²) < 4.78 is 0. The van der Waals surface area contributed by atoms with Gasteiger partial charge in [-0.1, -0.05) is 48.5 Å². The van der Waals surface area contributed by atoms with Crippen LogP contribution < -0.4 is 11.5 Å². The van der Waals surface area contributed by atoms with E-state index in [0.29, 0.717) is 11.4 Å². The van der Waals surface area contributed by atoms with Crippen LogP contribution in [-0.4, -0.2) is 10.2 Å². The first-order chi connectivity index (χ1) is 23.7. The molecule has 6 N–H and O–H groups in total. The first-order valence-corrected chi connectivity index (χ1v) is 19.2. The second-order valence-electron chi connectivity index (χ2n) is 18.2. The molecular weight excluding hydrogens is 601 g/mol. The van der Waals surface area contributed by atoms with Gasteiger partial charge in [0, 0.05) is 0 Å². The fourth-order valence-electron chi connectivity index (χ4n) is 14.3. The van der Waals surface area contributed by atoms with Crippen molar-refractivity contribution in [2.75, 3.05) is 11.5 Å². The van der Waals surface area contributed by atoms with Crippen LogP contribution in [-0.2, 0) is 16.2 Å². The zero-order valence-corrected chi connectivity index (χ0v) is 28.4. The highest BCUT2D eigenvalue weighted by atomic mass is 16.3. The Morgan fingerprint density at radius 3 is 1.08 bits per heavy atom. The maximum Gasteiger partial charge on any atom is 0.138 e. The monoisotopic (exact) mass is 648 g/mol. The minimum Gasteiger partial charge on any atom is -0.506 e. The third kappa shape index (κ3) is 3.87. The van der Waals surface area contributed by atoms with Crippen LogP contribution in [0.25, 0.3) is 11.1 Å². The van der Waals surface area contributed by atoms with Crippen LogP contribution in [0, 0.1) is 35.5 Å². The van der Waals surface area contributed by atoms with Crippen LogP contribution in [0.5, 0.6) is 11.5 Å². The normalized spacial score (nSPS) is 35.4. The van der Waals surface area contributed by atoms with Crippen molar-refractivity contribution in [1.82, 2.24) is 0 Å². The number of phenolic OH excluding ortho intramolecular Hbond substituents is 2. The highest BCUT2D eigenvalue weighted by Gasteiger charge is 2.55. The van der Waals surface area contributed by atoms with Crippen LogP contribution >= 0.6 is 0 Å². The molecule has 8 saturated carbocycles. The summed E-state index contributed by atoms with van der Waals surface area (Å²) in [5.74, 6) is 5.36. The largest absolute Gasteiger partial charge is 0.506 e. The molecule has 9 aliphatic carbocycles. The van der Waals surface area contributed by atoms with Crippen molar-refractivity contribution < 1.29 is 10.2 Å². The van der Waals surface area contributed by atoms with Crippen molar-refractivity contribution in [2.24, 2.45) is 35.5 Å². The van der Waals surface area contributed by atoms with Crippen LogP contribution in [0.3, 0.4) is 0 Å². The zero-order valence-electron chi connectivity index (χ0n) is 28.4. The van der Waals surface area contributed by atoms with E-state index in [-0.39, 0.29) is 22.3 Å². The molecule has 4 nitrogen and oxygen atoms in total. The molecule has 0 aliphatic heterocycles. The molecule has 0 amide bonds. The average Bonchev–Trinajstić information content (AvgIpc) is 3.36. The van der Waals surface area contributed by atoms with E-state index in [2.05, 4.69) is 48.5 Å². The molecule has 13 rings (SSSR count). The van der Waals surface area contributed by atoms with Crippen molar-refractivity contribution in [1.29, 1.82) is 0 Å². The van der Waals surface area contributed by atoms with Crippen molar-refractivity contribution in [3.8, 4) is 22.6 Å². The zero-order chi connectivity index (χ0) is 32.9. The fraction of sp³-hybridized carbons (Fsp3) is 0.467. The summed E-state index contributed by atoms with van der Waals surface area (Å²) in [4.78, 5) is 0. The number of nitrogens with two attached hydrogens (primary N) is 2. The lowest BCUT2D eigenvalue weighted by Gasteiger charge is -2.57. The predicted molar refractivity (Wildman–Crippen MR) is 196 cm³/mol. The van der Waals surface area contributed by atoms with Gasteiger partial charge in [0.1, 0.15) is 11.5 Å². The van der Waals surface area contributed by atoms with Crippen molar-refractivity contribution in [3.05, 3.63) is 106 Å². The fourth-order valence-corrected chi connectivity index (χ4v) is 14.3. The summed E-state index contributed by atoms with van der Waals surface area (Å²) in [5, 5.41) is 21.4. The highest BCUT2D eigenvalue weighted by Crippen LogP contribution is 2.65. The lowest BCUT2D eigenvalue weighted by atomic mass is 9.47. The molecule has 8 bridgehead atoms. The number of nitrogen functional groups attached to an aromatic ring is 2. The Bertz CT molecular complexity index is 1840. The van der Waals surface area contributed by atoms with Gasteiger partial charge in [0.25, 0.3) is 0 Å². The van der Waals surface area contributed by atoms with Crippen molar-refractivity contribution in [2.45, 2.75) is 93.3 Å². The Kier molecular flexibility index (Phi) is 5.69. The number of rotatable bonds is 4. The Morgan fingerprint density at radius 1 is 0.429 bits per heavy atom. The molecule has 0 spiro atoms. The van der Waals surface area contributed by atoms with Crippen LogP contribution in [0.2, 0.25) is 0 Å². The first-order valence-electron chi connectivity index (χ1n) is 19.2. The van der Waals surface area contributed by atoms with Gasteiger partial charge in [0.05, 0.1) is 16.8 Å². The number of hydrogen-bond acceptors (Lipinski definition) is 4. The molecule has 0 radical (unpaired) electrons. The Labute approximate surface area is 289 Å². The minimum absolute atomic E-state index is 0.104. The smallest absolute Gasteiger partial charge is 0.138 e. The Balaban J connectivity index is 1.18. The maximum absolute atomic E-state index is 10.7. The predicted octanol–water partition coefficient (Wildman–Crippen LogP) is 9.56. The van der Waals surface area contributed by atoms with Crippen LogP contribution in [0.1, 0.15) is 110 Å². The van der Waals surface area contributed by atoms with Gasteiger partial charge in [-0.3, -0.25) is 0 Å². The summed E-state index contributed by atoms with van der Waals surface area (Å²) in [5.41, 5.74) is 23.9. The van der Waals surface area contributed by atoms with E-state index in [1.54, 1.807) is 12.1 Å². The highest BCUT2D eigenvalue weighted by molar-refractivity contribution is 5.88. The SMILES string of the molecule is Nc1cc(C2(c3ccc(O)c(N)c3)c3cc(C45CC6CC(CC(C6)C4)C5)ccc3-c3ccc(C45CC6CC(CC(C6)C4)C5)cc32)ccc1O. The average molecular weight is 649 g/mol. The summed E-state index contributed by atoms with van der Waals surface area (Å²) >= 11 is 0. The van der Waals surface area contributed by atoms with Crippen molar-refractivity contribution in [3.63, 3.8) is 0 Å². The van der Waals surface area contributed by atoms with Gasteiger partial charge in [-0.25, -0.2) is 0 Å². The number of fused-ring (bicyclic) bond motifs is 3.